The van der Waals surface area contributed by atoms with Gasteiger partial charge in [0, 0.05) is 12.5 Å². The molecule has 1 saturated carbocycles. The van der Waals surface area contributed by atoms with E-state index in [0.29, 0.717) is 25.9 Å². The van der Waals surface area contributed by atoms with Crippen molar-refractivity contribution in [1.29, 1.82) is 0 Å². The molecule has 2 aliphatic rings. The maximum absolute atomic E-state index is 12.9. The molecule has 1 fully saturated rings. The molecule has 0 bridgehead atoms. The Morgan fingerprint density at radius 1 is 1.07 bits per heavy atom. The molecule has 1 amide bonds. The van der Waals surface area contributed by atoms with Crippen LogP contribution in [0.3, 0.4) is 0 Å². The van der Waals surface area contributed by atoms with Crippen molar-refractivity contribution in [1.82, 2.24) is 4.90 Å². The van der Waals surface area contributed by atoms with Crippen LogP contribution in [0.25, 0.3) is 11.1 Å². The number of rotatable bonds is 8. The number of carbonyl (C=O) groups excluding carboxylic acids is 1. The molecule has 0 aliphatic heterocycles. The molecule has 0 spiro atoms. The summed E-state index contributed by atoms with van der Waals surface area (Å²) in [5, 5.41) is 0. The molecule has 4 rings (SSSR count). The standard InChI is InChI=1S/C25H31NO3/c1-3-15-26(18(2)16-28-19-9-8-10-19)25(27)29-17-24-22-13-6-4-11-20(22)21-12-5-7-14-23(21)24/h4-7,11-14,18-19,24H,3,8-10,15-17H2,1-2H3/t18-/m0/s1. The fourth-order valence-corrected chi connectivity index (χ4v) is 4.31. The number of hydrogen-bond acceptors (Lipinski definition) is 3. The highest BCUT2D eigenvalue weighted by Crippen LogP contribution is 2.44. The van der Waals surface area contributed by atoms with Crippen molar-refractivity contribution < 1.29 is 14.3 Å². The van der Waals surface area contributed by atoms with Gasteiger partial charge >= 0.3 is 6.09 Å². The minimum absolute atomic E-state index is 0.0196. The fourth-order valence-electron chi connectivity index (χ4n) is 4.31. The average Bonchev–Trinajstić information content (AvgIpc) is 3.03. The van der Waals surface area contributed by atoms with E-state index in [1.807, 2.05) is 4.90 Å². The SMILES string of the molecule is CCCN(C(=O)OCC1c2ccccc2-c2ccccc21)[C@@H](C)COC1CCC1. The molecule has 29 heavy (non-hydrogen) atoms. The zero-order chi connectivity index (χ0) is 20.2. The van der Waals surface area contributed by atoms with Gasteiger partial charge in [0.15, 0.2) is 0 Å². The summed E-state index contributed by atoms with van der Waals surface area (Å²) < 4.78 is 11.8. The van der Waals surface area contributed by atoms with E-state index in [4.69, 9.17) is 9.47 Å². The second-order valence-corrected chi connectivity index (χ2v) is 8.23. The number of fused-ring (bicyclic) bond motifs is 3. The van der Waals surface area contributed by atoms with Crippen LogP contribution in [-0.2, 0) is 9.47 Å². The number of nitrogens with zero attached hydrogens (tertiary/aromatic N) is 1. The van der Waals surface area contributed by atoms with Crippen molar-refractivity contribution in [3.63, 3.8) is 0 Å². The molecule has 4 nitrogen and oxygen atoms in total. The van der Waals surface area contributed by atoms with Gasteiger partial charge in [-0.3, -0.25) is 0 Å². The van der Waals surface area contributed by atoms with Crippen LogP contribution in [0.2, 0.25) is 0 Å². The molecule has 0 radical (unpaired) electrons. The first-order valence-corrected chi connectivity index (χ1v) is 10.9. The lowest BCUT2D eigenvalue weighted by molar-refractivity contribution is -0.0251. The number of amides is 1. The summed E-state index contributed by atoms with van der Waals surface area (Å²) in [6.45, 7) is 5.77. The maximum atomic E-state index is 12.9. The van der Waals surface area contributed by atoms with Gasteiger partial charge in [-0.25, -0.2) is 4.79 Å². The van der Waals surface area contributed by atoms with E-state index in [9.17, 15) is 4.79 Å². The van der Waals surface area contributed by atoms with Gasteiger partial charge in [-0.1, -0.05) is 55.5 Å². The molecule has 2 aromatic rings. The number of carbonyl (C=O) groups is 1. The van der Waals surface area contributed by atoms with E-state index in [1.165, 1.54) is 28.7 Å². The molecule has 0 saturated heterocycles. The predicted octanol–water partition coefficient (Wildman–Crippen LogP) is 5.61. The van der Waals surface area contributed by atoms with Crippen molar-refractivity contribution in [3.8, 4) is 11.1 Å². The number of ether oxygens (including phenoxy) is 2. The van der Waals surface area contributed by atoms with Crippen LogP contribution >= 0.6 is 0 Å². The van der Waals surface area contributed by atoms with E-state index in [2.05, 4.69) is 62.4 Å². The molecule has 2 aliphatic carbocycles. The summed E-state index contributed by atoms with van der Waals surface area (Å²) in [4.78, 5) is 14.8. The summed E-state index contributed by atoms with van der Waals surface area (Å²) in [7, 11) is 0. The number of hydrogen-bond donors (Lipinski definition) is 0. The first-order chi connectivity index (χ1) is 14.2. The van der Waals surface area contributed by atoms with Crippen LogP contribution in [0.4, 0.5) is 4.79 Å². The first kappa shape index (κ1) is 20.0. The predicted molar refractivity (Wildman–Crippen MR) is 115 cm³/mol. The Labute approximate surface area is 173 Å². The highest BCUT2D eigenvalue weighted by atomic mass is 16.6. The van der Waals surface area contributed by atoms with Crippen molar-refractivity contribution >= 4 is 6.09 Å². The van der Waals surface area contributed by atoms with E-state index in [0.717, 1.165) is 19.3 Å². The van der Waals surface area contributed by atoms with Crippen LogP contribution < -0.4 is 0 Å². The normalized spacial score (nSPS) is 16.6. The summed E-state index contributed by atoms with van der Waals surface area (Å²) >= 11 is 0. The van der Waals surface area contributed by atoms with Crippen molar-refractivity contribution in [2.45, 2.75) is 57.6 Å². The van der Waals surface area contributed by atoms with E-state index in [1.54, 1.807) is 0 Å². The van der Waals surface area contributed by atoms with Crippen LogP contribution in [-0.4, -0.2) is 42.9 Å². The molecule has 0 heterocycles. The topological polar surface area (TPSA) is 38.8 Å². The smallest absolute Gasteiger partial charge is 0.410 e. The summed E-state index contributed by atoms with van der Waals surface area (Å²) in [6.07, 6.45) is 4.58. The Balaban J connectivity index is 1.42. The average molecular weight is 394 g/mol. The molecule has 2 aromatic carbocycles. The van der Waals surface area contributed by atoms with Gasteiger partial charge in [-0.05, 0) is 54.9 Å². The Morgan fingerprint density at radius 2 is 1.69 bits per heavy atom. The second-order valence-electron chi connectivity index (χ2n) is 8.23. The first-order valence-electron chi connectivity index (χ1n) is 10.9. The van der Waals surface area contributed by atoms with Crippen LogP contribution in [0, 0.1) is 0 Å². The zero-order valence-electron chi connectivity index (χ0n) is 17.5. The van der Waals surface area contributed by atoms with Crippen molar-refractivity contribution in [2.75, 3.05) is 19.8 Å². The van der Waals surface area contributed by atoms with Gasteiger partial charge < -0.3 is 14.4 Å². The number of benzene rings is 2. The third kappa shape index (κ3) is 4.18. The van der Waals surface area contributed by atoms with E-state index < -0.39 is 0 Å². The molecular weight excluding hydrogens is 362 g/mol. The molecular formula is C25H31NO3. The van der Waals surface area contributed by atoms with Crippen LogP contribution in [0.5, 0.6) is 0 Å². The molecule has 154 valence electrons. The molecule has 0 aromatic heterocycles. The lowest BCUT2D eigenvalue weighted by atomic mass is 9.96. The largest absolute Gasteiger partial charge is 0.448 e. The van der Waals surface area contributed by atoms with Crippen LogP contribution in [0.15, 0.2) is 48.5 Å². The van der Waals surface area contributed by atoms with E-state index in [-0.39, 0.29) is 18.1 Å². The van der Waals surface area contributed by atoms with Gasteiger partial charge in [0.2, 0.25) is 0 Å². The molecule has 0 unspecified atom stereocenters. The molecule has 4 heteroatoms. The summed E-state index contributed by atoms with van der Waals surface area (Å²) in [5.41, 5.74) is 4.98. The Bertz CT molecular complexity index is 800. The Morgan fingerprint density at radius 3 is 2.24 bits per heavy atom. The second kappa shape index (κ2) is 9.00. The quantitative estimate of drug-likeness (QED) is 0.585. The minimum Gasteiger partial charge on any atom is -0.448 e. The third-order valence-corrected chi connectivity index (χ3v) is 6.19. The van der Waals surface area contributed by atoms with Gasteiger partial charge in [0.1, 0.15) is 6.61 Å². The lowest BCUT2D eigenvalue weighted by Gasteiger charge is -2.32. The van der Waals surface area contributed by atoms with Gasteiger partial charge in [0.25, 0.3) is 0 Å². The molecule has 1 atom stereocenters. The highest BCUT2D eigenvalue weighted by Gasteiger charge is 2.30. The summed E-state index contributed by atoms with van der Waals surface area (Å²) in [5.74, 6) is 0.0939. The van der Waals surface area contributed by atoms with Crippen LogP contribution in [0.1, 0.15) is 56.6 Å². The third-order valence-electron chi connectivity index (χ3n) is 6.19. The van der Waals surface area contributed by atoms with Crippen molar-refractivity contribution in [2.24, 2.45) is 0 Å². The van der Waals surface area contributed by atoms with Crippen molar-refractivity contribution in [3.05, 3.63) is 59.7 Å². The monoisotopic (exact) mass is 393 g/mol. The highest BCUT2D eigenvalue weighted by molar-refractivity contribution is 5.79. The lowest BCUT2D eigenvalue weighted by Crippen LogP contribution is -2.43. The zero-order valence-corrected chi connectivity index (χ0v) is 17.5. The van der Waals surface area contributed by atoms with Gasteiger partial charge in [-0.15, -0.1) is 0 Å². The Kier molecular flexibility index (Phi) is 6.19. The van der Waals surface area contributed by atoms with E-state index >= 15 is 0 Å². The minimum atomic E-state index is -0.238. The fraction of sp³-hybridized carbons (Fsp3) is 0.480. The van der Waals surface area contributed by atoms with Gasteiger partial charge in [0.05, 0.1) is 18.8 Å². The summed E-state index contributed by atoms with van der Waals surface area (Å²) in [6, 6.07) is 16.9. The maximum Gasteiger partial charge on any atom is 0.410 e. The molecule has 0 N–H and O–H groups in total. The van der Waals surface area contributed by atoms with Gasteiger partial charge in [-0.2, -0.15) is 0 Å². The Hall–Kier alpha value is -2.33.